The first-order valence-corrected chi connectivity index (χ1v) is 10.2. The summed E-state index contributed by atoms with van der Waals surface area (Å²) in [6.07, 6.45) is 16.3. The van der Waals surface area contributed by atoms with E-state index in [-0.39, 0.29) is 0 Å². The van der Waals surface area contributed by atoms with Gasteiger partial charge >= 0.3 is 11.9 Å². The summed E-state index contributed by atoms with van der Waals surface area (Å²) >= 11 is 0. The molecule has 0 unspecified atom stereocenters. The van der Waals surface area contributed by atoms with Gasteiger partial charge in [-0.15, -0.1) is 0 Å². The molecule has 0 heterocycles. The Balaban J connectivity index is 4.94. The lowest BCUT2D eigenvalue weighted by Crippen LogP contribution is -2.15. The predicted octanol–water partition coefficient (Wildman–Crippen LogP) is 5.91. The molecule has 4 heteroatoms. The van der Waals surface area contributed by atoms with Crippen LogP contribution in [0.5, 0.6) is 0 Å². The lowest BCUT2D eigenvalue weighted by Gasteiger charge is -2.11. The van der Waals surface area contributed by atoms with Gasteiger partial charge in [0.15, 0.2) is 0 Å². The average Bonchev–Trinajstić information content (AvgIpc) is 2.66. The molecule has 0 atom stereocenters. The van der Waals surface area contributed by atoms with Gasteiger partial charge in [-0.3, -0.25) is 0 Å². The highest BCUT2D eigenvalue weighted by atomic mass is 16.5. The third-order valence-electron chi connectivity index (χ3n) is 4.47. The molecular weight excluding hydrogens is 328 g/mol. The second kappa shape index (κ2) is 16.9. The number of hydrogen-bond acceptors (Lipinski definition) is 4. The summed E-state index contributed by atoms with van der Waals surface area (Å²) in [5.74, 6) is -0.854. The standard InChI is InChI=1S/C22H38O4/c1-5-7-9-11-13-15-17-19(21(23)25-3)20(22(24)26-4)18-16-14-12-10-8-6-2/h13,15H,5-12,14,16-18H2,1-4H3/b15-13+,20-19-. The van der Waals surface area contributed by atoms with E-state index >= 15 is 0 Å². The summed E-state index contributed by atoms with van der Waals surface area (Å²) in [5, 5.41) is 0. The summed E-state index contributed by atoms with van der Waals surface area (Å²) in [6.45, 7) is 4.36. The molecule has 0 aliphatic heterocycles. The maximum absolute atomic E-state index is 12.2. The van der Waals surface area contributed by atoms with E-state index in [1.54, 1.807) is 0 Å². The average molecular weight is 367 g/mol. The van der Waals surface area contributed by atoms with E-state index in [2.05, 4.69) is 19.9 Å². The summed E-state index contributed by atoms with van der Waals surface area (Å²) < 4.78 is 9.82. The smallest absolute Gasteiger partial charge is 0.334 e. The number of ether oxygens (including phenoxy) is 2. The largest absolute Gasteiger partial charge is 0.466 e. The van der Waals surface area contributed by atoms with Gasteiger partial charge in [0.1, 0.15) is 0 Å². The van der Waals surface area contributed by atoms with Crippen molar-refractivity contribution in [2.45, 2.75) is 90.9 Å². The fraction of sp³-hybridized carbons (Fsp3) is 0.727. The van der Waals surface area contributed by atoms with Crippen molar-refractivity contribution in [3.8, 4) is 0 Å². The molecule has 0 amide bonds. The topological polar surface area (TPSA) is 52.6 Å². The van der Waals surface area contributed by atoms with Crippen molar-refractivity contribution in [2.24, 2.45) is 0 Å². The normalized spacial score (nSPS) is 12.2. The fourth-order valence-corrected chi connectivity index (χ4v) is 2.87. The van der Waals surface area contributed by atoms with E-state index in [1.165, 1.54) is 46.3 Å². The molecule has 0 aliphatic carbocycles. The lowest BCUT2D eigenvalue weighted by atomic mass is 9.98. The second-order valence-electron chi connectivity index (χ2n) is 6.63. The molecule has 0 rings (SSSR count). The van der Waals surface area contributed by atoms with Crippen LogP contribution in [-0.2, 0) is 19.1 Å². The molecule has 0 saturated carbocycles. The fourth-order valence-electron chi connectivity index (χ4n) is 2.87. The molecule has 0 N–H and O–H groups in total. The van der Waals surface area contributed by atoms with Gasteiger partial charge in [0.25, 0.3) is 0 Å². The van der Waals surface area contributed by atoms with Gasteiger partial charge in [0.05, 0.1) is 19.8 Å². The monoisotopic (exact) mass is 366 g/mol. The van der Waals surface area contributed by atoms with Gasteiger partial charge in [0, 0.05) is 5.57 Å². The van der Waals surface area contributed by atoms with Crippen molar-refractivity contribution in [1.29, 1.82) is 0 Å². The first kappa shape index (κ1) is 24.4. The number of hydrogen-bond donors (Lipinski definition) is 0. The highest BCUT2D eigenvalue weighted by Crippen LogP contribution is 2.21. The maximum atomic E-state index is 12.2. The number of allylic oxidation sites excluding steroid dienone is 2. The van der Waals surface area contributed by atoms with Crippen molar-refractivity contribution < 1.29 is 19.1 Å². The molecule has 150 valence electrons. The minimum absolute atomic E-state index is 0.416. The van der Waals surface area contributed by atoms with Crippen LogP contribution in [-0.4, -0.2) is 26.2 Å². The van der Waals surface area contributed by atoms with Crippen molar-refractivity contribution in [2.75, 3.05) is 14.2 Å². The van der Waals surface area contributed by atoms with Crippen LogP contribution >= 0.6 is 0 Å². The Labute approximate surface area is 160 Å². The van der Waals surface area contributed by atoms with Crippen LogP contribution in [0.15, 0.2) is 23.3 Å². The Kier molecular flexibility index (Phi) is 15.8. The number of methoxy groups -OCH3 is 2. The van der Waals surface area contributed by atoms with Crippen LogP contribution in [0, 0.1) is 0 Å². The van der Waals surface area contributed by atoms with E-state index in [9.17, 15) is 9.59 Å². The van der Waals surface area contributed by atoms with Gasteiger partial charge in [-0.1, -0.05) is 70.9 Å². The van der Waals surface area contributed by atoms with E-state index in [1.807, 2.05) is 6.08 Å². The van der Waals surface area contributed by atoms with Crippen LogP contribution in [0.3, 0.4) is 0 Å². The molecular formula is C22H38O4. The van der Waals surface area contributed by atoms with E-state index in [0.717, 1.165) is 32.1 Å². The molecule has 0 aromatic heterocycles. The molecule has 4 nitrogen and oxygen atoms in total. The van der Waals surface area contributed by atoms with Crippen LogP contribution in [0.4, 0.5) is 0 Å². The molecule has 0 saturated heterocycles. The number of carbonyl (C=O) groups excluding carboxylic acids is 2. The summed E-state index contributed by atoms with van der Waals surface area (Å²) in [6, 6.07) is 0. The summed E-state index contributed by atoms with van der Waals surface area (Å²) in [4.78, 5) is 24.4. The molecule has 0 aromatic carbocycles. The zero-order chi connectivity index (χ0) is 19.6. The van der Waals surface area contributed by atoms with Gasteiger partial charge in [-0.2, -0.15) is 0 Å². The summed E-state index contributed by atoms with van der Waals surface area (Å²) in [5.41, 5.74) is 0.896. The Morgan fingerprint density at radius 3 is 1.85 bits per heavy atom. The van der Waals surface area contributed by atoms with E-state index < -0.39 is 11.9 Å². The zero-order valence-electron chi connectivity index (χ0n) is 17.3. The third kappa shape index (κ3) is 11.1. The SMILES string of the molecule is CCCCC/C=C/C/C(C(=O)OC)=C(\CCCCCCCC)C(=O)OC. The van der Waals surface area contributed by atoms with Crippen LogP contribution in [0.1, 0.15) is 90.9 Å². The number of carbonyl (C=O) groups is 2. The third-order valence-corrected chi connectivity index (χ3v) is 4.47. The van der Waals surface area contributed by atoms with Crippen molar-refractivity contribution in [3.63, 3.8) is 0 Å². The van der Waals surface area contributed by atoms with Crippen molar-refractivity contribution in [1.82, 2.24) is 0 Å². The van der Waals surface area contributed by atoms with Crippen LogP contribution in [0.25, 0.3) is 0 Å². The Hall–Kier alpha value is -1.58. The molecule has 0 fully saturated rings. The lowest BCUT2D eigenvalue weighted by molar-refractivity contribution is -0.139. The second-order valence-corrected chi connectivity index (χ2v) is 6.63. The number of esters is 2. The Morgan fingerprint density at radius 2 is 1.23 bits per heavy atom. The number of rotatable bonds is 15. The minimum atomic E-state index is -0.436. The highest BCUT2D eigenvalue weighted by molar-refractivity contribution is 6.00. The van der Waals surface area contributed by atoms with E-state index in [0.29, 0.717) is 24.0 Å². The van der Waals surface area contributed by atoms with Gasteiger partial charge in [0.2, 0.25) is 0 Å². The highest BCUT2D eigenvalue weighted by Gasteiger charge is 2.21. The van der Waals surface area contributed by atoms with Crippen molar-refractivity contribution >= 4 is 11.9 Å². The van der Waals surface area contributed by atoms with Crippen molar-refractivity contribution in [3.05, 3.63) is 23.3 Å². The number of unbranched alkanes of at least 4 members (excludes halogenated alkanes) is 8. The maximum Gasteiger partial charge on any atom is 0.334 e. The molecule has 0 aromatic rings. The van der Waals surface area contributed by atoms with Crippen LogP contribution in [0.2, 0.25) is 0 Å². The predicted molar refractivity (Wildman–Crippen MR) is 107 cm³/mol. The first-order valence-electron chi connectivity index (χ1n) is 10.2. The molecule has 0 bridgehead atoms. The van der Waals surface area contributed by atoms with Gasteiger partial charge in [-0.05, 0) is 32.1 Å². The zero-order valence-corrected chi connectivity index (χ0v) is 17.3. The molecule has 0 spiro atoms. The minimum Gasteiger partial charge on any atom is -0.466 e. The molecule has 0 radical (unpaired) electrons. The van der Waals surface area contributed by atoms with E-state index in [4.69, 9.17) is 9.47 Å². The quantitative estimate of drug-likeness (QED) is 0.156. The summed E-state index contributed by atoms with van der Waals surface area (Å²) in [7, 11) is 2.71. The van der Waals surface area contributed by atoms with Crippen LogP contribution < -0.4 is 0 Å². The van der Waals surface area contributed by atoms with Gasteiger partial charge in [-0.25, -0.2) is 9.59 Å². The molecule has 26 heavy (non-hydrogen) atoms. The molecule has 0 aliphatic rings. The Bertz CT molecular complexity index is 449. The first-order chi connectivity index (χ1) is 12.6. The van der Waals surface area contributed by atoms with Gasteiger partial charge < -0.3 is 9.47 Å². The Morgan fingerprint density at radius 1 is 0.692 bits per heavy atom.